The van der Waals surface area contributed by atoms with Crippen LogP contribution < -0.4 is 5.32 Å². The van der Waals surface area contributed by atoms with E-state index in [9.17, 15) is 4.79 Å². The quantitative estimate of drug-likeness (QED) is 0.704. The summed E-state index contributed by atoms with van der Waals surface area (Å²) >= 11 is 10.7. The molecule has 64 valence electrons. The van der Waals surface area contributed by atoms with Crippen LogP contribution in [0.1, 0.15) is 6.92 Å². The van der Waals surface area contributed by atoms with E-state index in [1.807, 2.05) is 0 Å². The van der Waals surface area contributed by atoms with E-state index >= 15 is 0 Å². The summed E-state index contributed by atoms with van der Waals surface area (Å²) in [5, 5.41) is 2.35. The summed E-state index contributed by atoms with van der Waals surface area (Å²) in [6, 6.07) is 0. The summed E-state index contributed by atoms with van der Waals surface area (Å²) in [5.74, 6) is 0.155. The van der Waals surface area contributed by atoms with Crippen LogP contribution in [0.4, 0.5) is 4.79 Å². The van der Waals surface area contributed by atoms with Crippen molar-refractivity contribution in [3.8, 4) is 0 Å². The van der Waals surface area contributed by atoms with Crippen LogP contribution in [0.15, 0.2) is 11.2 Å². The molecule has 0 saturated heterocycles. The summed E-state index contributed by atoms with van der Waals surface area (Å²) in [7, 11) is 0. The number of ether oxygens (including phenoxy) is 1. The third-order valence-electron chi connectivity index (χ3n) is 0.814. The molecule has 0 atom stereocenters. The monoisotopic (exact) mass is 197 g/mol. The number of carbonyl (C=O) groups is 1. The average molecular weight is 198 g/mol. The number of hydrogen-bond donors (Lipinski definition) is 1. The van der Waals surface area contributed by atoms with Crippen LogP contribution in [0, 0.1) is 0 Å². The van der Waals surface area contributed by atoms with E-state index in [1.54, 1.807) is 6.92 Å². The molecule has 0 aromatic carbocycles. The van der Waals surface area contributed by atoms with Gasteiger partial charge in [-0.25, -0.2) is 4.79 Å². The highest BCUT2D eigenvalue weighted by Crippen LogP contribution is 1.95. The Bertz CT molecular complexity index is 159. The van der Waals surface area contributed by atoms with Crippen molar-refractivity contribution in [3.05, 3.63) is 11.2 Å². The molecular formula is C6H9Cl2NO2. The van der Waals surface area contributed by atoms with Gasteiger partial charge in [-0.15, -0.1) is 11.6 Å². The Morgan fingerprint density at radius 2 is 2.36 bits per heavy atom. The van der Waals surface area contributed by atoms with Crippen molar-refractivity contribution >= 4 is 29.3 Å². The molecular weight excluding hydrogens is 189 g/mol. The lowest BCUT2D eigenvalue weighted by molar-refractivity contribution is 0.155. The van der Waals surface area contributed by atoms with E-state index in [4.69, 9.17) is 23.2 Å². The third kappa shape index (κ3) is 4.93. The van der Waals surface area contributed by atoms with Crippen LogP contribution in [-0.2, 0) is 4.74 Å². The van der Waals surface area contributed by atoms with Crippen LogP contribution in [0.5, 0.6) is 0 Å². The lowest BCUT2D eigenvalue weighted by Crippen LogP contribution is -2.24. The third-order valence-corrected chi connectivity index (χ3v) is 1.37. The summed E-state index contributed by atoms with van der Waals surface area (Å²) < 4.78 is 4.57. The molecule has 0 spiro atoms. The predicted molar refractivity (Wildman–Crippen MR) is 44.8 cm³/mol. The van der Waals surface area contributed by atoms with E-state index in [0.717, 1.165) is 0 Å². The van der Waals surface area contributed by atoms with Crippen molar-refractivity contribution in [3.63, 3.8) is 0 Å². The lowest BCUT2D eigenvalue weighted by atomic mass is 10.6. The molecule has 11 heavy (non-hydrogen) atoms. The Morgan fingerprint density at radius 3 is 2.73 bits per heavy atom. The highest BCUT2D eigenvalue weighted by Gasteiger charge is 2.01. The minimum Gasteiger partial charge on any atom is -0.450 e. The highest BCUT2D eigenvalue weighted by molar-refractivity contribution is 6.27. The van der Waals surface area contributed by atoms with Gasteiger partial charge in [0.1, 0.15) is 0 Å². The first kappa shape index (κ1) is 10.6. The van der Waals surface area contributed by atoms with Crippen molar-refractivity contribution < 1.29 is 9.53 Å². The van der Waals surface area contributed by atoms with Gasteiger partial charge >= 0.3 is 6.09 Å². The van der Waals surface area contributed by atoms with Crippen molar-refractivity contribution in [1.82, 2.24) is 5.32 Å². The van der Waals surface area contributed by atoms with Gasteiger partial charge < -0.3 is 4.74 Å². The summed E-state index contributed by atoms with van der Waals surface area (Å²) in [5.41, 5.74) is 1.62. The van der Waals surface area contributed by atoms with E-state index in [1.165, 1.54) is 5.54 Å². The molecule has 0 unspecified atom stereocenters. The maximum absolute atomic E-state index is 10.7. The van der Waals surface area contributed by atoms with Crippen LogP contribution >= 0.6 is 23.2 Å². The van der Waals surface area contributed by atoms with Crippen molar-refractivity contribution in [1.29, 1.82) is 0 Å². The highest BCUT2D eigenvalue weighted by atomic mass is 35.5. The number of alkyl halides is 1. The second kappa shape index (κ2) is 6.31. The largest absolute Gasteiger partial charge is 0.450 e. The Balaban J connectivity index is 3.73. The van der Waals surface area contributed by atoms with Crippen molar-refractivity contribution in [2.75, 3.05) is 12.5 Å². The molecule has 1 amide bonds. The fourth-order valence-electron chi connectivity index (χ4n) is 0.388. The number of alkyl carbamates (subject to hydrolysis) is 1. The summed E-state index contributed by atoms with van der Waals surface area (Å²) in [6.45, 7) is 2.04. The first-order valence-electron chi connectivity index (χ1n) is 3.03. The molecule has 0 aromatic heterocycles. The van der Waals surface area contributed by atoms with Gasteiger partial charge in [0, 0.05) is 11.2 Å². The second-order valence-corrected chi connectivity index (χ2v) is 2.10. The number of carbonyl (C=O) groups excluding carboxylic acids is 1. The molecule has 0 aliphatic carbocycles. The maximum atomic E-state index is 10.7. The normalized spacial score (nSPS) is 11.0. The molecule has 0 saturated carbocycles. The van der Waals surface area contributed by atoms with Gasteiger partial charge in [-0.2, -0.15) is 0 Å². The van der Waals surface area contributed by atoms with Gasteiger partial charge in [-0.05, 0) is 6.92 Å². The predicted octanol–water partition coefficient (Wildman–Crippen LogP) is 2.05. The Hall–Kier alpha value is -0.410. The fraction of sp³-hybridized carbons (Fsp3) is 0.500. The first-order valence-corrected chi connectivity index (χ1v) is 4.00. The molecule has 0 rings (SSSR count). The van der Waals surface area contributed by atoms with Crippen LogP contribution in [0.2, 0.25) is 0 Å². The molecule has 0 radical (unpaired) electrons. The maximum Gasteiger partial charge on any atom is 0.411 e. The SMILES string of the molecule is CCOC(=O)NC(=CCl)CCl. The molecule has 0 aliphatic rings. The Morgan fingerprint density at radius 1 is 1.73 bits per heavy atom. The second-order valence-electron chi connectivity index (χ2n) is 1.61. The van der Waals surface area contributed by atoms with E-state index < -0.39 is 6.09 Å². The zero-order chi connectivity index (χ0) is 8.69. The number of halogens is 2. The minimum absolute atomic E-state index is 0.155. The van der Waals surface area contributed by atoms with Gasteiger partial charge in [0.05, 0.1) is 12.5 Å². The van der Waals surface area contributed by atoms with Crippen molar-refractivity contribution in [2.45, 2.75) is 6.92 Å². The minimum atomic E-state index is -0.542. The summed E-state index contributed by atoms with van der Waals surface area (Å²) in [6.07, 6.45) is -0.542. The van der Waals surface area contributed by atoms with Gasteiger partial charge in [-0.3, -0.25) is 5.32 Å². The number of hydrogen-bond acceptors (Lipinski definition) is 2. The van der Waals surface area contributed by atoms with E-state index in [0.29, 0.717) is 12.3 Å². The van der Waals surface area contributed by atoms with Crippen molar-refractivity contribution in [2.24, 2.45) is 0 Å². The zero-order valence-corrected chi connectivity index (χ0v) is 7.58. The first-order chi connectivity index (χ1) is 5.24. The topological polar surface area (TPSA) is 38.3 Å². The van der Waals surface area contributed by atoms with E-state index in [2.05, 4.69) is 10.1 Å². The van der Waals surface area contributed by atoms with Crippen LogP contribution in [-0.4, -0.2) is 18.6 Å². The molecule has 0 bridgehead atoms. The zero-order valence-electron chi connectivity index (χ0n) is 6.06. The lowest BCUT2D eigenvalue weighted by Gasteiger charge is -2.04. The van der Waals surface area contributed by atoms with Gasteiger partial charge in [0.15, 0.2) is 0 Å². The molecule has 1 N–H and O–H groups in total. The number of nitrogens with one attached hydrogen (secondary N) is 1. The van der Waals surface area contributed by atoms with Gasteiger partial charge in [0.2, 0.25) is 0 Å². The molecule has 5 heteroatoms. The Kier molecular flexibility index (Phi) is 6.07. The standard InChI is InChI=1S/C6H9Cl2NO2/c1-2-11-6(10)9-5(3-7)4-8/h3H,2,4H2,1H3,(H,9,10). The van der Waals surface area contributed by atoms with Gasteiger partial charge in [-0.1, -0.05) is 11.6 Å². The number of allylic oxidation sites excluding steroid dienone is 1. The molecule has 0 heterocycles. The molecule has 0 aromatic rings. The van der Waals surface area contributed by atoms with E-state index in [-0.39, 0.29) is 5.88 Å². The number of rotatable bonds is 3. The Labute approximate surface area is 75.3 Å². The molecule has 3 nitrogen and oxygen atoms in total. The molecule has 0 aliphatic heterocycles. The smallest absolute Gasteiger partial charge is 0.411 e. The average Bonchev–Trinajstić information content (AvgIpc) is 2.01. The summed E-state index contributed by atoms with van der Waals surface area (Å²) in [4.78, 5) is 10.7. The number of amides is 1. The van der Waals surface area contributed by atoms with Crippen LogP contribution in [0.25, 0.3) is 0 Å². The van der Waals surface area contributed by atoms with Crippen LogP contribution in [0.3, 0.4) is 0 Å². The fourth-order valence-corrected chi connectivity index (χ4v) is 0.743. The van der Waals surface area contributed by atoms with Gasteiger partial charge in [0.25, 0.3) is 0 Å². The molecule has 0 fully saturated rings.